The highest BCUT2D eigenvalue weighted by molar-refractivity contribution is 7.89. The summed E-state index contributed by atoms with van der Waals surface area (Å²) >= 11 is 0. The molecule has 0 aromatic heterocycles. The van der Waals surface area contributed by atoms with Crippen LogP contribution in [0, 0.1) is 18.8 Å². The van der Waals surface area contributed by atoms with Crippen LogP contribution in [0.1, 0.15) is 23.1 Å². The topological polar surface area (TPSA) is 37.4 Å². The van der Waals surface area contributed by atoms with Crippen molar-refractivity contribution in [2.75, 3.05) is 7.05 Å². The second-order valence-electron chi connectivity index (χ2n) is 7.01. The average Bonchev–Trinajstić information content (AvgIpc) is 2.75. The first-order valence-electron chi connectivity index (χ1n) is 9.62. The smallest absolute Gasteiger partial charge is 0.207 e. The van der Waals surface area contributed by atoms with Gasteiger partial charge in [0.05, 0.1) is 10.9 Å². The van der Waals surface area contributed by atoms with Crippen molar-refractivity contribution >= 4 is 10.0 Å². The third kappa shape index (κ3) is 5.57. The number of hydrogen-bond donors (Lipinski definition) is 0. The third-order valence-corrected chi connectivity index (χ3v) is 6.72. The number of nitrogens with zero attached hydrogens (tertiary/aromatic N) is 1. The highest BCUT2D eigenvalue weighted by atomic mass is 32.2. The Morgan fingerprint density at radius 3 is 2.07 bits per heavy atom. The predicted octanol–water partition coefficient (Wildman–Crippen LogP) is 4.67. The van der Waals surface area contributed by atoms with E-state index in [0.29, 0.717) is 6.42 Å². The van der Waals surface area contributed by atoms with E-state index in [9.17, 15) is 8.42 Å². The molecule has 1 unspecified atom stereocenters. The summed E-state index contributed by atoms with van der Waals surface area (Å²) in [5.74, 6) is 6.33. The molecular formula is C25H25NO2S. The van der Waals surface area contributed by atoms with Crippen LogP contribution in [0.3, 0.4) is 0 Å². The maximum absolute atomic E-state index is 13.2. The van der Waals surface area contributed by atoms with E-state index in [1.807, 2.05) is 67.6 Å². The minimum Gasteiger partial charge on any atom is -0.207 e. The van der Waals surface area contributed by atoms with Crippen LogP contribution in [-0.2, 0) is 16.4 Å². The van der Waals surface area contributed by atoms with E-state index in [1.165, 1.54) is 9.87 Å². The summed E-state index contributed by atoms with van der Waals surface area (Å²) in [6.07, 6.45) is 1.37. The first-order valence-corrected chi connectivity index (χ1v) is 11.1. The van der Waals surface area contributed by atoms with Crippen LogP contribution >= 0.6 is 0 Å². The van der Waals surface area contributed by atoms with Gasteiger partial charge in [0.1, 0.15) is 0 Å². The van der Waals surface area contributed by atoms with E-state index in [0.717, 1.165) is 17.5 Å². The van der Waals surface area contributed by atoms with Crippen LogP contribution in [-0.4, -0.2) is 25.8 Å². The summed E-state index contributed by atoms with van der Waals surface area (Å²) in [6.45, 7) is 1.94. The molecule has 3 aromatic carbocycles. The first-order chi connectivity index (χ1) is 14.0. The van der Waals surface area contributed by atoms with Crippen LogP contribution in [0.25, 0.3) is 0 Å². The highest BCUT2D eigenvalue weighted by Crippen LogP contribution is 2.20. The zero-order valence-corrected chi connectivity index (χ0v) is 17.6. The molecular weight excluding hydrogens is 378 g/mol. The molecule has 0 saturated carbocycles. The van der Waals surface area contributed by atoms with Crippen LogP contribution in [0.5, 0.6) is 0 Å². The minimum absolute atomic E-state index is 0.289. The van der Waals surface area contributed by atoms with Crippen molar-refractivity contribution in [3.8, 4) is 11.8 Å². The Bertz CT molecular complexity index is 1080. The fraction of sp³-hybridized carbons (Fsp3) is 0.200. The van der Waals surface area contributed by atoms with Gasteiger partial charge in [0, 0.05) is 12.6 Å². The van der Waals surface area contributed by atoms with Gasteiger partial charge in [-0.2, -0.15) is 4.31 Å². The van der Waals surface area contributed by atoms with Gasteiger partial charge in [-0.05, 0) is 49.6 Å². The normalized spacial score (nSPS) is 12.2. The Hall–Kier alpha value is -2.87. The Labute approximate surface area is 174 Å². The molecule has 0 fully saturated rings. The van der Waals surface area contributed by atoms with E-state index in [-0.39, 0.29) is 4.90 Å². The Balaban J connectivity index is 1.88. The molecule has 0 aliphatic heterocycles. The second-order valence-corrected chi connectivity index (χ2v) is 9.01. The molecule has 3 nitrogen and oxygen atoms in total. The largest absolute Gasteiger partial charge is 0.243 e. The Kier molecular flexibility index (Phi) is 6.87. The van der Waals surface area contributed by atoms with Crippen molar-refractivity contribution in [3.05, 3.63) is 102 Å². The molecule has 0 bridgehead atoms. The summed E-state index contributed by atoms with van der Waals surface area (Å²) < 4.78 is 27.7. The van der Waals surface area contributed by atoms with Crippen molar-refractivity contribution in [3.63, 3.8) is 0 Å². The number of rotatable bonds is 6. The predicted molar refractivity (Wildman–Crippen MR) is 118 cm³/mol. The lowest BCUT2D eigenvalue weighted by atomic mass is 10.1. The van der Waals surface area contributed by atoms with Gasteiger partial charge < -0.3 is 0 Å². The van der Waals surface area contributed by atoms with E-state index >= 15 is 0 Å². The van der Waals surface area contributed by atoms with Gasteiger partial charge in [-0.1, -0.05) is 78.1 Å². The molecule has 0 heterocycles. The third-order valence-electron chi connectivity index (χ3n) is 4.84. The van der Waals surface area contributed by atoms with E-state index < -0.39 is 16.1 Å². The molecule has 148 valence electrons. The standard InChI is InChI=1S/C25H25NO2S/c1-21-13-19-25(20-14-21)29(27,28)26(2)24(17-15-22-9-5-3-6-10-22)18-16-23-11-7-4-8-12-23/h3-14,19-20,24H,15,17H2,1-2H3. The number of sulfonamides is 1. The number of hydrogen-bond acceptors (Lipinski definition) is 2. The van der Waals surface area contributed by atoms with Gasteiger partial charge in [-0.15, -0.1) is 0 Å². The van der Waals surface area contributed by atoms with Gasteiger partial charge in [-0.25, -0.2) is 8.42 Å². The van der Waals surface area contributed by atoms with E-state index in [2.05, 4.69) is 24.0 Å². The fourth-order valence-electron chi connectivity index (χ4n) is 3.03. The zero-order chi connectivity index (χ0) is 20.7. The molecule has 3 rings (SSSR count). The quantitative estimate of drug-likeness (QED) is 0.561. The van der Waals surface area contributed by atoms with Crippen molar-refractivity contribution in [1.29, 1.82) is 0 Å². The lowest BCUT2D eigenvalue weighted by Crippen LogP contribution is -2.36. The molecule has 3 aromatic rings. The Morgan fingerprint density at radius 1 is 0.862 bits per heavy atom. The van der Waals surface area contributed by atoms with Gasteiger partial charge in [0.2, 0.25) is 10.0 Å². The Morgan fingerprint density at radius 2 is 1.45 bits per heavy atom. The maximum atomic E-state index is 13.2. The molecule has 0 radical (unpaired) electrons. The van der Waals surface area contributed by atoms with E-state index in [1.54, 1.807) is 19.2 Å². The van der Waals surface area contributed by atoms with Crippen molar-refractivity contribution in [2.24, 2.45) is 0 Å². The van der Waals surface area contributed by atoms with Crippen LogP contribution < -0.4 is 0 Å². The highest BCUT2D eigenvalue weighted by Gasteiger charge is 2.26. The molecule has 0 aliphatic rings. The van der Waals surface area contributed by atoms with Crippen molar-refractivity contribution in [2.45, 2.75) is 30.7 Å². The minimum atomic E-state index is -3.63. The van der Waals surface area contributed by atoms with E-state index in [4.69, 9.17) is 0 Å². The summed E-state index contributed by atoms with van der Waals surface area (Å²) in [4.78, 5) is 0.289. The fourth-order valence-corrected chi connectivity index (χ4v) is 4.33. The molecule has 0 N–H and O–H groups in total. The molecule has 1 atom stereocenters. The van der Waals surface area contributed by atoms with Crippen LogP contribution in [0.2, 0.25) is 0 Å². The van der Waals surface area contributed by atoms with Crippen molar-refractivity contribution in [1.82, 2.24) is 4.31 Å². The lowest BCUT2D eigenvalue weighted by molar-refractivity contribution is 0.409. The van der Waals surface area contributed by atoms with Gasteiger partial charge in [0.15, 0.2) is 0 Å². The molecule has 0 spiro atoms. The van der Waals surface area contributed by atoms with Crippen LogP contribution in [0.15, 0.2) is 89.8 Å². The summed E-state index contributed by atoms with van der Waals surface area (Å²) in [5, 5.41) is 0. The molecule has 0 aliphatic carbocycles. The zero-order valence-electron chi connectivity index (χ0n) is 16.7. The lowest BCUT2D eigenvalue weighted by Gasteiger charge is -2.24. The number of aryl methyl sites for hydroxylation is 2. The van der Waals surface area contributed by atoms with Crippen LogP contribution in [0.4, 0.5) is 0 Å². The molecule has 0 amide bonds. The summed E-state index contributed by atoms with van der Waals surface area (Å²) in [7, 11) is -2.02. The number of benzene rings is 3. The van der Waals surface area contributed by atoms with Gasteiger partial charge in [-0.3, -0.25) is 0 Å². The van der Waals surface area contributed by atoms with Gasteiger partial charge >= 0.3 is 0 Å². The molecule has 29 heavy (non-hydrogen) atoms. The first kappa shape index (κ1) is 20.9. The average molecular weight is 404 g/mol. The molecule has 4 heteroatoms. The maximum Gasteiger partial charge on any atom is 0.243 e. The second kappa shape index (κ2) is 9.56. The van der Waals surface area contributed by atoms with Gasteiger partial charge in [0.25, 0.3) is 0 Å². The summed E-state index contributed by atoms with van der Waals surface area (Å²) in [5.41, 5.74) is 3.06. The van der Waals surface area contributed by atoms with Crippen molar-refractivity contribution < 1.29 is 8.42 Å². The molecule has 0 saturated heterocycles. The SMILES string of the molecule is Cc1ccc(S(=O)(=O)N(C)C(C#Cc2ccccc2)CCc2ccccc2)cc1. The monoisotopic (exact) mass is 403 g/mol. The summed E-state index contributed by atoms with van der Waals surface area (Å²) in [6, 6.07) is 26.2.